The Morgan fingerprint density at radius 1 is 0.931 bits per heavy atom. The van der Waals surface area contributed by atoms with Crippen molar-refractivity contribution in [3.05, 3.63) is 83.4 Å². The van der Waals surface area contributed by atoms with Gasteiger partial charge in [0.05, 0.1) is 12.9 Å². The highest BCUT2D eigenvalue weighted by Crippen LogP contribution is 2.23. The van der Waals surface area contributed by atoms with Crippen LogP contribution < -0.4 is 15.4 Å². The summed E-state index contributed by atoms with van der Waals surface area (Å²) >= 11 is 7.23. The van der Waals surface area contributed by atoms with Crippen molar-refractivity contribution < 1.29 is 14.3 Å². The molecule has 0 aliphatic carbocycles. The molecule has 3 rings (SSSR count). The van der Waals surface area contributed by atoms with Crippen LogP contribution in [0.25, 0.3) is 0 Å². The van der Waals surface area contributed by atoms with Crippen LogP contribution in [0.3, 0.4) is 0 Å². The first-order valence-corrected chi connectivity index (χ1v) is 10.1. The van der Waals surface area contributed by atoms with Crippen molar-refractivity contribution in [2.75, 3.05) is 23.5 Å². The zero-order valence-corrected chi connectivity index (χ0v) is 17.2. The van der Waals surface area contributed by atoms with Crippen LogP contribution >= 0.6 is 23.4 Å². The molecule has 5 nitrogen and oxygen atoms in total. The molecular weight excluding hydrogens is 408 g/mol. The molecule has 0 fully saturated rings. The van der Waals surface area contributed by atoms with E-state index < -0.39 is 0 Å². The highest BCUT2D eigenvalue weighted by molar-refractivity contribution is 8.00. The van der Waals surface area contributed by atoms with Gasteiger partial charge in [-0.1, -0.05) is 23.7 Å². The van der Waals surface area contributed by atoms with E-state index in [1.165, 1.54) is 11.8 Å². The van der Waals surface area contributed by atoms with Crippen molar-refractivity contribution in [3.8, 4) is 5.75 Å². The maximum atomic E-state index is 12.4. The smallest absolute Gasteiger partial charge is 0.255 e. The first-order chi connectivity index (χ1) is 14.0. The van der Waals surface area contributed by atoms with Gasteiger partial charge < -0.3 is 15.4 Å². The fraction of sp³-hybridized carbons (Fsp3) is 0.0909. The molecule has 2 N–H and O–H groups in total. The fourth-order valence-corrected chi connectivity index (χ4v) is 3.39. The van der Waals surface area contributed by atoms with Gasteiger partial charge in [0.25, 0.3) is 5.91 Å². The fourth-order valence-electron chi connectivity index (χ4n) is 2.51. The van der Waals surface area contributed by atoms with Crippen molar-refractivity contribution in [1.29, 1.82) is 0 Å². The summed E-state index contributed by atoms with van der Waals surface area (Å²) in [6, 6.07) is 21.2. The molecule has 0 aliphatic heterocycles. The number of carbonyl (C=O) groups is 2. The summed E-state index contributed by atoms with van der Waals surface area (Å²) in [4.78, 5) is 25.4. The molecule has 3 aromatic rings. The first kappa shape index (κ1) is 20.8. The number of anilines is 2. The van der Waals surface area contributed by atoms with Crippen LogP contribution in [0.5, 0.6) is 5.75 Å². The SMILES string of the molecule is COc1cccc(C(=O)Nc2cccc(SCC(=O)Nc3ccc(Cl)cc3)c2)c1. The zero-order chi connectivity index (χ0) is 20.6. The van der Waals surface area contributed by atoms with Crippen molar-refractivity contribution in [2.45, 2.75) is 4.90 Å². The summed E-state index contributed by atoms with van der Waals surface area (Å²) in [5, 5.41) is 6.30. The minimum atomic E-state index is -0.230. The Balaban J connectivity index is 1.56. The molecule has 2 amide bonds. The van der Waals surface area contributed by atoms with Gasteiger partial charge >= 0.3 is 0 Å². The van der Waals surface area contributed by atoms with E-state index in [0.717, 1.165) is 4.90 Å². The second-order valence-electron chi connectivity index (χ2n) is 6.06. The Bertz CT molecular complexity index is 1010. The maximum absolute atomic E-state index is 12.4. The normalized spacial score (nSPS) is 10.3. The Labute approximate surface area is 178 Å². The largest absolute Gasteiger partial charge is 0.497 e. The Morgan fingerprint density at radius 2 is 1.69 bits per heavy atom. The average Bonchev–Trinajstić information content (AvgIpc) is 2.74. The summed E-state index contributed by atoms with van der Waals surface area (Å²) in [7, 11) is 1.56. The highest BCUT2D eigenvalue weighted by atomic mass is 35.5. The number of halogens is 1. The van der Waals surface area contributed by atoms with E-state index in [2.05, 4.69) is 10.6 Å². The quantitative estimate of drug-likeness (QED) is 0.501. The van der Waals surface area contributed by atoms with Crippen molar-refractivity contribution in [1.82, 2.24) is 0 Å². The number of ether oxygens (including phenoxy) is 1. The molecular formula is C22H19ClN2O3S. The number of thioether (sulfide) groups is 1. The van der Waals surface area contributed by atoms with Crippen LogP contribution in [0, 0.1) is 0 Å². The van der Waals surface area contributed by atoms with E-state index in [1.54, 1.807) is 61.7 Å². The number of hydrogen-bond acceptors (Lipinski definition) is 4. The number of rotatable bonds is 7. The van der Waals surface area contributed by atoms with Crippen LogP contribution in [0.1, 0.15) is 10.4 Å². The van der Waals surface area contributed by atoms with Gasteiger partial charge in [0.15, 0.2) is 0 Å². The predicted molar refractivity (Wildman–Crippen MR) is 118 cm³/mol. The third-order valence-corrected chi connectivity index (χ3v) is 5.17. The minimum Gasteiger partial charge on any atom is -0.497 e. The lowest BCUT2D eigenvalue weighted by Gasteiger charge is -2.09. The molecule has 3 aromatic carbocycles. The van der Waals surface area contributed by atoms with E-state index >= 15 is 0 Å². The second-order valence-corrected chi connectivity index (χ2v) is 7.54. The highest BCUT2D eigenvalue weighted by Gasteiger charge is 2.09. The zero-order valence-electron chi connectivity index (χ0n) is 15.6. The molecule has 7 heteroatoms. The molecule has 0 aliphatic rings. The van der Waals surface area contributed by atoms with Gasteiger partial charge in [-0.15, -0.1) is 11.8 Å². The van der Waals surface area contributed by atoms with E-state index in [9.17, 15) is 9.59 Å². The molecule has 0 spiro atoms. The van der Waals surface area contributed by atoms with Gasteiger partial charge in [-0.2, -0.15) is 0 Å². The van der Waals surface area contributed by atoms with E-state index in [-0.39, 0.29) is 17.6 Å². The summed E-state index contributed by atoms with van der Waals surface area (Å²) in [5.74, 6) is 0.513. The summed E-state index contributed by atoms with van der Waals surface area (Å²) < 4.78 is 5.15. The van der Waals surface area contributed by atoms with Gasteiger partial charge in [-0.3, -0.25) is 9.59 Å². The molecule has 0 heterocycles. The lowest BCUT2D eigenvalue weighted by atomic mass is 10.2. The number of benzene rings is 3. The molecule has 0 bridgehead atoms. The third kappa shape index (κ3) is 6.27. The number of carbonyl (C=O) groups excluding carboxylic acids is 2. The van der Waals surface area contributed by atoms with E-state index in [0.29, 0.717) is 27.7 Å². The topological polar surface area (TPSA) is 67.4 Å². The van der Waals surface area contributed by atoms with Gasteiger partial charge in [-0.05, 0) is 60.7 Å². The van der Waals surface area contributed by atoms with Crippen LogP contribution in [0.4, 0.5) is 11.4 Å². The predicted octanol–water partition coefficient (Wildman–Crippen LogP) is 5.33. The summed E-state index contributed by atoms with van der Waals surface area (Å²) in [5.41, 5.74) is 1.85. The standard InChI is InChI=1S/C22H19ClN2O3S/c1-28-19-6-2-4-15(12-19)22(27)25-18-5-3-7-20(13-18)29-14-21(26)24-17-10-8-16(23)9-11-17/h2-13H,14H2,1H3,(H,24,26)(H,25,27). The number of nitrogens with one attached hydrogen (secondary N) is 2. The lowest BCUT2D eigenvalue weighted by molar-refractivity contribution is -0.113. The molecule has 0 radical (unpaired) electrons. The molecule has 148 valence electrons. The van der Waals surface area contributed by atoms with Gasteiger partial charge in [0.2, 0.25) is 5.91 Å². The van der Waals surface area contributed by atoms with Gasteiger partial charge in [0, 0.05) is 26.9 Å². The van der Waals surface area contributed by atoms with Gasteiger partial charge in [0.1, 0.15) is 5.75 Å². The van der Waals surface area contributed by atoms with Crippen LogP contribution in [-0.2, 0) is 4.79 Å². The third-order valence-electron chi connectivity index (χ3n) is 3.92. The lowest BCUT2D eigenvalue weighted by Crippen LogP contribution is -2.14. The Hall–Kier alpha value is -2.96. The van der Waals surface area contributed by atoms with Crippen molar-refractivity contribution in [2.24, 2.45) is 0 Å². The molecule has 0 atom stereocenters. The number of methoxy groups -OCH3 is 1. The Morgan fingerprint density at radius 3 is 2.45 bits per heavy atom. The number of amides is 2. The summed E-state index contributed by atoms with van der Waals surface area (Å²) in [6.45, 7) is 0. The average molecular weight is 427 g/mol. The van der Waals surface area contributed by atoms with E-state index in [4.69, 9.17) is 16.3 Å². The molecule has 29 heavy (non-hydrogen) atoms. The van der Waals surface area contributed by atoms with Crippen LogP contribution in [-0.4, -0.2) is 24.7 Å². The maximum Gasteiger partial charge on any atom is 0.255 e. The molecule has 0 saturated carbocycles. The monoisotopic (exact) mass is 426 g/mol. The summed E-state index contributed by atoms with van der Waals surface area (Å²) in [6.07, 6.45) is 0. The molecule has 0 aromatic heterocycles. The Kier molecular flexibility index (Phi) is 7.16. The molecule has 0 unspecified atom stereocenters. The van der Waals surface area contributed by atoms with Crippen molar-refractivity contribution in [3.63, 3.8) is 0 Å². The second kappa shape index (κ2) is 10.0. The van der Waals surface area contributed by atoms with Crippen molar-refractivity contribution >= 4 is 46.6 Å². The van der Waals surface area contributed by atoms with Gasteiger partial charge in [-0.25, -0.2) is 0 Å². The first-order valence-electron chi connectivity index (χ1n) is 8.77. The van der Waals surface area contributed by atoms with E-state index in [1.807, 2.05) is 18.2 Å². The molecule has 0 saturated heterocycles. The van der Waals surface area contributed by atoms with Crippen LogP contribution in [0.15, 0.2) is 77.7 Å². The van der Waals surface area contributed by atoms with Crippen LogP contribution in [0.2, 0.25) is 5.02 Å². The number of hydrogen-bond donors (Lipinski definition) is 2. The minimum absolute atomic E-state index is 0.122.